The summed E-state index contributed by atoms with van der Waals surface area (Å²) < 4.78 is 8.52. The van der Waals surface area contributed by atoms with Crippen LogP contribution in [0.2, 0.25) is 5.02 Å². The molecule has 5 aromatic rings. The van der Waals surface area contributed by atoms with E-state index in [2.05, 4.69) is 9.88 Å². The number of carboxylic acid groups (broad SMARTS) is 1. The molecule has 7 nitrogen and oxygen atoms in total. The Morgan fingerprint density at radius 2 is 1.59 bits per heavy atom. The molecular formula is C35H33Cl2N3O4. The van der Waals surface area contributed by atoms with Crippen LogP contribution in [-0.4, -0.2) is 33.6 Å². The van der Waals surface area contributed by atoms with Gasteiger partial charge in [-0.3, -0.25) is 4.79 Å². The molecule has 226 valence electrons. The first-order chi connectivity index (χ1) is 20.9. The molecule has 1 fully saturated rings. The molecule has 0 radical (unpaired) electrons. The number of benzene rings is 4. The summed E-state index contributed by atoms with van der Waals surface area (Å²) in [7, 11) is 1.61. The van der Waals surface area contributed by atoms with Crippen LogP contribution in [0, 0.1) is 0 Å². The van der Waals surface area contributed by atoms with Crippen LogP contribution in [0.5, 0.6) is 5.75 Å². The number of rotatable bonds is 8. The van der Waals surface area contributed by atoms with E-state index in [4.69, 9.17) is 21.3 Å². The Morgan fingerprint density at radius 1 is 0.909 bits per heavy atom. The molecule has 0 saturated heterocycles. The van der Waals surface area contributed by atoms with Crippen molar-refractivity contribution in [2.24, 2.45) is 0 Å². The molecule has 1 aromatic heterocycles. The van der Waals surface area contributed by atoms with Crippen molar-refractivity contribution < 1.29 is 19.4 Å². The lowest BCUT2D eigenvalue weighted by molar-refractivity contribution is 0.0696. The third-order valence-electron chi connectivity index (χ3n) is 8.13. The fourth-order valence-electron chi connectivity index (χ4n) is 5.92. The number of nitrogens with one attached hydrogen (secondary N) is 1. The van der Waals surface area contributed by atoms with Crippen molar-refractivity contribution in [2.45, 2.75) is 44.8 Å². The fourth-order valence-corrected chi connectivity index (χ4v) is 6.04. The summed E-state index contributed by atoms with van der Waals surface area (Å²) in [5.74, 6) is 0.394. The summed E-state index contributed by atoms with van der Waals surface area (Å²) in [6.45, 7) is 0.265. The minimum atomic E-state index is -0.961. The number of carboxylic acids is 1. The maximum absolute atomic E-state index is 12.4. The Hall–Kier alpha value is -4.33. The van der Waals surface area contributed by atoms with Crippen molar-refractivity contribution in [1.82, 2.24) is 14.9 Å². The monoisotopic (exact) mass is 629 g/mol. The predicted molar refractivity (Wildman–Crippen MR) is 176 cm³/mol. The predicted octanol–water partition coefficient (Wildman–Crippen LogP) is 8.59. The third kappa shape index (κ3) is 6.44. The van der Waals surface area contributed by atoms with E-state index in [0.717, 1.165) is 46.4 Å². The number of hydrogen-bond donors (Lipinski definition) is 2. The summed E-state index contributed by atoms with van der Waals surface area (Å²) in [4.78, 5) is 28.9. The number of aromatic carboxylic acids is 1. The molecule has 1 aliphatic rings. The Balaban J connectivity index is 0.00000384. The average Bonchev–Trinajstić information content (AvgIpc) is 3.43. The molecule has 1 saturated carbocycles. The van der Waals surface area contributed by atoms with E-state index in [9.17, 15) is 14.7 Å². The first-order valence-corrected chi connectivity index (χ1v) is 14.9. The van der Waals surface area contributed by atoms with Gasteiger partial charge in [-0.25, -0.2) is 9.78 Å². The molecule has 4 aromatic carbocycles. The summed E-state index contributed by atoms with van der Waals surface area (Å²) in [6, 6.07) is 26.5. The van der Waals surface area contributed by atoms with E-state index >= 15 is 0 Å². The van der Waals surface area contributed by atoms with Gasteiger partial charge in [0.1, 0.15) is 18.2 Å². The zero-order valence-corrected chi connectivity index (χ0v) is 25.8. The van der Waals surface area contributed by atoms with Crippen LogP contribution in [0.15, 0.2) is 84.9 Å². The van der Waals surface area contributed by atoms with Crippen LogP contribution in [0.4, 0.5) is 0 Å². The van der Waals surface area contributed by atoms with Gasteiger partial charge in [-0.1, -0.05) is 49.1 Å². The summed E-state index contributed by atoms with van der Waals surface area (Å²) in [5.41, 5.74) is 6.19. The van der Waals surface area contributed by atoms with Crippen LogP contribution in [0.25, 0.3) is 33.5 Å². The van der Waals surface area contributed by atoms with Crippen molar-refractivity contribution in [3.63, 3.8) is 0 Å². The first-order valence-electron chi connectivity index (χ1n) is 14.5. The van der Waals surface area contributed by atoms with Crippen molar-refractivity contribution in [1.29, 1.82) is 0 Å². The largest absolute Gasteiger partial charge is 0.489 e. The second kappa shape index (κ2) is 13.5. The van der Waals surface area contributed by atoms with Crippen LogP contribution < -0.4 is 10.1 Å². The van der Waals surface area contributed by atoms with Crippen LogP contribution in [0.3, 0.4) is 0 Å². The molecule has 44 heavy (non-hydrogen) atoms. The molecular weight excluding hydrogens is 597 g/mol. The van der Waals surface area contributed by atoms with Gasteiger partial charge < -0.3 is 19.7 Å². The highest BCUT2D eigenvalue weighted by Gasteiger charge is 2.23. The van der Waals surface area contributed by atoms with Crippen molar-refractivity contribution in [2.75, 3.05) is 7.05 Å². The van der Waals surface area contributed by atoms with Gasteiger partial charge in [0.25, 0.3) is 5.91 Å². The van der Waals surface area contributed by atoms with Gasteiger partial charge in [-0.2, -0.15) is 0 Å². The van der Waals surface area contributed by atoms with Crippen LogP contribution in [-0.2, 0) is 6.61 Å². The minimum Gasteiger partial charge on any atom is -0.489 e. The molecule has 1 aliphatic carbocycles. The van der Waals surface area contributed by atoms with Gasteiger partial charge in [0, 0.05) is 29.2 Å². The number of carbonyl (C=O) groups excluding carboxylic acids is 1. The van der Waals surface area contributed by atoms with Gasteiger partial charge >= 0.3 is 5.97 Å². The number of nitrogens with zero attached hydrogens (tertiary/aromatic N) is 2. The number of hydrogen-bond acceptors (Lipinski definition) is 4. The molecule has 2 N–H and O–H groups in total. The maximum atomic E-state index is 12.4. The van der Waals surface area contributed by atoms with E-state index in [-0.39, 0.29) is 30.5 Å². The summed E-state index contributed by atoms with van der Waals surface area (Å²) in [6.07, 6.45) is 5.72. The second-order valence-corrected chi connectivity index (χ2v) is 11.3. The fraction of sp³-hybridized carbons (Fsp3) is 0.229. The molecule has 1 amide bonds. The number of amides is 1. The lowest BCUT2D eigenvalue weighted by Crippen LogP contribution is -2.18. The SMILES string of the molecule is CNC(=O)c1ccc(-c2ccc(Cl)cc2)c(COc2ccc(-c3nc4cc(C(=O)O)ccc4n3C3CCCCC3)cc2)c1.Cl. The third-order valence-corrected chi connectivity index (χ3v) is 8.38. The maximum Gasteiger partial charge on any atom is 0.335 e. The zero-order valence-electron chi connectivity index (χ0n) is 24.3. The number of imidazole rings is 1. The average molecular weight is 631 g/mol. The number of fused-ring (bicyclic) bond motifs is 1. The minimum absolute atomic E-state index is 0. The standard InChI is InChI=1S/C35H32ClN3O4.ClH/c1-37-34(40)24-11-17-30(22-7-13-27(36)14-8-22)26(19-24)21-43-29-15-9-23(10-16-29)33-38-31-20-25(35(41)42)12-18-32(31)39(33)28-5-3-2-4-6-28;/h7-20,28H,2-6,21H2,1H3,(H,37,40)(H,41,42);1H. The number of ether oxygens (including phenoxy) is 1. The van der Waals surface area contributed by atoms with E-state index in [1.165, 1.54) is 19.3 Å². The number of aromatic nitrogens is 2. The number of halogens is 2. The highest BCUT2D eigenvalue weighted by molar-refractivity contribution is 6.30. The topological polar surface area (TPSA) is 93.4 Å². The summed E-state index contributed by atoms with van der Waals surface area (Å²) >= 11 is 6.11. The highest BCUT2D eigenvalue weighted by Crippen LogP contribution is 2.37. The molecule has 9 heteroatoms. The normalized spacial score (nSPS) is 13.3. The van der Waals surface area contributed by atoms with Gasteiger partial charge in [-0.05, 0) is 96.3 Å². The van der Waals surface area contributed by atoms with E-state index < -0.39 is 5.97 Å². The Kier molecular flexibility index (Phi) is 9.57. The van der Waals surface area contributed by atoms with Crippen molar-refractivity contribution in [3.8, 4) is 28.3 Å². The molecule has 0 unspecified atom stereocenters. The van der Waals surface area contributed by atoms with Crippen molar-refractivity contribution >= 4 is 46.9 Å². The molecule has 0 aliphatic heterocycles. The van der Waals surface area contributed by atoms with Crippen LogP contribution in [0.1, 0.15) is 64.4 Å². The summed E-state index contributed by atoms with van der Waals surface area (Å²) in [5, 5.41) is 12.9. The molecule has 0 spiro atoms. The Morgan fingerprint density at radius 3 is 2.27 bits per heavy atom. The molecule has 1 heterocycles. The van der Waals surface area contributed by atoms with Crippen LogP contribution >= 0.6 is 24.0 Å². The smallest absolute Gasteiger partial charge is 0.335 e. The Bertz CT molecular complexity index is 1790. The number of carbonyl (C=O) groups is 2. The molecule has 0 bridgehead atoms. The highest BCUT2D eigenvalue weighted by atomic mass is 35.5. The lowest BCUT2D eigenvalue weighted by Gasteiger charge is -2.25. The Labute approximate surface area is 267 Å². The van der Waals surface area contributed by atoms with Gasteiger partial charge in [-0.15, -0.1) is 12.4 Å². The van der Waals surface area contributed by atoms with Gasteiger partial charge in [0.2, 0.25) is 0 Å². The van der Waals surface area contributed by atoms with Crippen molar-refractivity contribution in [3.05, 3.63) is 107 Å². The zero-order chi connectivity index (χ0) is 29.9. The quantitative estimate of drug-likeness (QED) is 0.179. The first kappa shape index (κ1) is 31.1. The molecule has 0 atom stereocenters. The van der Waals surface area contributed by atoms with E-state index in [1.807, 2.05) is 66.7 Å². The second-order valence-electron chi connectivity index (χ2n) is 10.9. The van der Waals surface area contributed by atoms with E-state index in [1.54, 1.807) is 25.2 Å². The molecule has 6 rings (SSSR count). The van der Waals surface area contributed by atoms with Gasteiger partial charge in [0.15, 0.2) is 0 Å². The van der Waals surface area contributed by atoms with Gasteiger partial charge in [0.05, 0.1) is 16.6 Å². The lowest BCUT2D eigenvalue weighted by atomic mass is 9.95. The van der Waals surface area contributed by atoms with E-state index in [0.29, 0.717) is 27.9 Å².